The molecule has 0 unspecified atom stereocenters. The van der Waals surface area contributed by atoms with Crippen LogP contribution in [0.2, 0.25) is 0 Å². The van der Waals surface area contributed by atoms with Gasteiger partial charge >= 0.3 is 12.3 Å². The number of benzene rings is 2. The highest BCUT2D eigenvalue weighted by Crippen LogP contribution is 2.42. The van der Waals surface area contributed by atoms with Gasteiger partial charge in [0.15, 0.2) is 18.1 Å². The Kier molecular flexibility index (Phi) is 5.11. The highest BCUT2D eigenvalue weighted by atomic mass is 32.2. The number of alkyl halides is 2. The highest BCUT2D eigenvalue weighted by Gasteiger charge is 2.43. The summed E-state index contributed by atoms with van der Waals surface area (Å²) in [4.78, 5) is 23.3. The Balaban J connectivity index is 1.63. The quantitative estimate of drug-likeness (QED) is 0.686. The van der Waals surface area contributed by atoms with Crippen LogP contribution < -0.4 is 19.9 Å². The minimum Gasteiger partial charge on any atom is -0.452 e. The first kappa shape index (κ1) is 20.4. The van der Waals surface area contributed by atoms with Crippen molar-refractivity contribution in [2.75, 3.05) is 11.9 Å². The van der Waals surface area contributed by atoms with Crippen LogP contribution in [0.3, 0.4) is 0 Å². The van der Waals surface area contributed by atoms with Crippen molar-refractivity contribution < 1.29 is 45.4 Å². The molecule has 0 aromatic heterocycles. The van der Waals surface area contributed by atoms with Crippen molar-refractivity contribution in [3.63, 3.8) is 0 Å². The summed E-state index contributed by atoms with van der Waals surface area (Å²) in [6.07, 6.45) is -3.82. The van der Waals surface area contributed by atoms with E-state index < -0.39 is 51.1 Å². The minimum atomic E-state index is -4.19. The molecule has 0 bridgehead atoms. The second-order valence-corrected chi connectivity index (χ2v) is 7.20. The SMILES string of the molecule is NS(=O)(=O)c1ccc(F)c(C(=O)OCC(=O)Nc2ccc3c(c2)OC(F)(F)O3)c1. The topological polar surface area (TPSA) is 134 Å². The van der Waals surface area contributed by atoms with Crippen molar-refractivity contribution in [1.29, 1.82) is 0 Å². The molecule has 1 amide bonds. The van der Waals surface area contributed by atoms with Crippen molar-refractivity contribution in [2.24, 2.45) is 5.14 Å². The van der Waals surface area contributed by atoms with Crippen LogP contribution in [0.5, 0.6) is 11.5 Å². The zero-order valence-electron chi connectivity index (χ0n) is 14.1. The Bertz CT molecular complexity index is 1110. The lowest BCUT2D eigenvalue weighted by molar-refractivity contribution is -0.286. The Morgan fingerprint density at radius 3 is 2.48 bits per heavy atom. The molecule has 1 heterocycles. The number of nitrogens with one attached hydrogen (secondary N) is 1. The summed E-state index contributed by atoms with van der Waals surface area (Å²) in [7, 11) is -4.19. The van der Waals surface area contributed by atoms with E-state index in [-0.39, 0.29) is 17.2 Å². The van der Waals surface area contributed by atoms with Gasteiger partial charge in [0, 0.05) is 11.8 Å². The number of sulfonamides is 1. The van der Waals surface area contributed by atoms with Gasteiger partial charge in [-0.05, 0) is 30.3 Å². The van der Waals surface area contributed by atoms with E-state index in [0.717, 1.165) is 18.2 Å². The van der Waals surface area contributed by atoms with Gasteiger partial charge in [0.2, 0.25) is 10.0 Å². The number of rotatable bonds is 5. The van der Waals surface area contributed by atoms with E-state index in [1.54, 1.807) is 0 Å². The average Bonchev–Trinajstić information content (AvgIpc) is 2.92. The fraction of sp³-hybridized carbons (Fsp3) is 0.125. The standard InChI is InChI=1S/C16H11F3N2O7S/c17-11-3-2-9(29(20,24)25)6-10(11)15(23)26-7-14(22)21-8-1-4-12-13(5-8)28-16(18,19)27-12/h1-6H,7H2,(H,21,22)(H2,20,24,25). The lowest BCUT2D eigenvalue weighted by atomic mass is 10.2. The summed E-state index contributed by atoms with van der Waals surface area (Å²) < 4.78 is 75.3. The number of fused-ring (bicyclic) bond motifs is 1. The van der Waals surface area contributed by atoms with Crippen LogP contribution in [0.4, 0.5) is 18.9 Å². The zero-order chi connectivity index (χ0) is 21.4. The molecule has 0 saturated carbocycles. The average molecular weight is 432 g/mol. The number of carbonyl (C=O) groups is 2. The molecule has 0 atom stereocenters. The largest absolute Gasteiger partial charge is 0.586 e. The molecule has 0 spiro atoms. The van der Waals surface area contributed by atoms with E-state index in [2.05, 4.69) is 19.5 Å². The molecule has 3 N–H and O–H groups in total. The third kappa shape index (κ3) is 4.75. The number of esters is 1. The number of ether oxygens (including phenoxy) is 3. The lowest BCUT2D eigenvalue weighted by Gasteiger charge is -2.08. The first-order valence-corrected chi connectivity index (χ1v) is 9.18. The maximum atomic E-state index is 13.7. The van der Waals surface area contributed by atoms with Crippen molar-refractivity contribution in [2.45, 2.75) is 11.2 Å². The maximum absolute atomic E-state index is 13.7. The van der Waals surface area contributed by atoms with Crippen molar-refractivity contribution in [1.82, 2.24) is 0 Å². The van der Waals surface area contributed by atoms with Gasteiger partial charge in [-0.1, -0.05) is 0 Å². The monoisotopic (exact) mass is 432 g/mol. The van der Waals surface area contributed by atoms with Gasteiger partial charge in [0.25, 0.3) is 5.91 Å². The summed E-state index contributed by atoms with van der Waals surface area (Å²) in [5.74, 6) is -3.82. The minimum absolute atomic E-state index is 0.0357. The van der Waals surface area contributed by atoms with Gasteiger partial charge in [-0.3, -0.25) is 4.79 Å². The fourth-order valence-corrected chi connectivity index (χ4v) is 2.81. The number of amides is 1. The summed E-state index contributed by atoms with van der Waals surface area (Å²) in [6.45, 7) is -0.873. The van der Waals surface area contributed by atoms with E-state index in [1.807, 2.05) is 0 Å². The molecular formula is C16H11F3N2O7S. The molecule has 1 aliphatic heterocycles. The van der Waals surface area contributed by atoms with E-state index in [1.165, 1.54) is 6.07 Å². The Morgan fingerprint density at radius 1 is 1.10 bits per heavy atom. The Hall–Kier alpha value is -3.32. The molecular weight excluding hydrogens is 421 g/mol. The second-order valence-electron chi connectivity index (χ2n) is 5.64. The summed E-state index contributed by atoms with van der Waals surface area (Å²) in [5, 5.41) is 7.16. The smallest absolute Gasteiger partial charge is 0.452 e. The molecule has 0 saturated heterocycles. The van der Waals surface area contributed by atoms with Gasteiger partial charge < -0.3 is 19.5 Å². The zero-order valence-corrected chi connectivity index (χ0v) is 15.0. The first-order chi connectivity index (χ1) is 13.4. The van der Waals surface area contributed by atoms with Gasteiger partial charge in [-0.2, -0.15) is 0 Å². The third-order valence-electron chi connectivity index (χ3n) is 3.51. The van der Waals surface area contributed by atoms with Crippen molar-refractivity contribution in [3.05, 3.63) is 47.8 Å². The molecule has 1 aliphatic rings. The molecule has 154 valence electrons. The number of halogens is 3. The normalized spacial score (nSPS) is 14.3. The van der Waals surface area contributed by atoms with Gasteiger partial charge in [-0.15, -0.1) is 8.78 Å². The summed E-state index contributed by atoms with van der Waals surface area (Å²) in [5.41, 5.74) is -0.705. The van der Waals surface area contributed by atoms with Crippen LogP contribution in [0.1, 0.15) is 10.4 Å². The van der Waals surface area contributed by atoms with Crippen LogP contribution in [0.25, 0.3) is 0 Å². The fourth-order valence-electron chi connectivity index (χ4n) is 2.27. The molecule has 13 heteroatoms. The molecule has 0 radical (unpaired) electrons. The van der Waals surface area contributed by atoms with Crippen molar-refractivity contribution >= 4 is 27.6 Å². The number of hydrogen-bond donors (Lipinski definition) is 2. The Labute approximate surface area is 161 Å². The lowest BCUT2D eigenvalue weighted by Crippen LogP contribution is -2.25. The third-order valence-corrected chi connectivity index (χ3v) is 4.42. The number of hydrogen-bond acceptors (Lipinski definition) is 7. The van der Waals surface area contributed by atoms with E-state index in [4.69, 9.17) is 5.14 Å². The summed E-state index contributed by atoms with van der Waals surface area (Å²) >= 11 is 0. The van der Waals surface area contributed by atoms with Crippen molar-refractivity contribution in [3.8, 4) is 11.5 Å². The predicted octanol–water partition coefficient (Wildman–Crippen LogP) is 1.59. The number of nitrogens with two attached hydrogens (primary N) is 1. The highest BCUT2D eigenvalue weighted by molar-refractivity contribution is 7.89. The number of carbonyl (C=O) groups excluding carboxylic acids is 2. The molecule has 3 rings (SSSR count). The van der Waals surface area contributed by atoms with Crippen LogP contribution in [0, 0.1) is 5.82 Å². The molecule has 0 aliphatic carbocycles. The van der Waals surface area contributed by atoms with Gasteiger partial charge in [-0.25, -0.2) is 22.7 Å². The predicted molar refractivity (Wildman–Crippen MR) is 89.3 cm³/mol. The number of primary sulfonamides is 1. The molecule has 29 heavy (non-hydrogen) atoms. The van der Waals surface area contributed by atoms with E-state index in [0.29, 0.717) is 12.1 Å². The van der Waals surface area contributed by atoms with Crippen LogP contribution in [0.15, 0.2) is 41.3 Å². The van der Waals surface area contributed by atoms with Gasteiger partial charge in [0.1, 0.15) is 5.82 Å². The number of anilines is 1. The van der Waals surface area contributed by atoms with E-state index in [9.17, 15) is 31.2 Å². The summed E-state index contributed by atoms with van der Waals surface area (Å²) in [6, 6.07) is 5.66. The van der Waals surface area contributed by atoms with Crippen LogP contribution in [-0.4, -0.2) is 33.2 Å². The molecule has 2 aromatic rings. The van der Waals surface area contributed by atoms with Gasteiger partial charge in [0.05, 0.1) is 10.5 Å². The van der Waals surface area contributed by atoms with Crippen LogP contribution >= 0.6 is 0 Å². The molecule has 2 aromatic carbocycles. The Morgan fingerprint density at radius 2 is 1.79 bits per heavy atom. The molecule has 0 fully saturated rings. The molecule has 9 nitrogen and oxygen atoms in total. The maximum Gasteiger partial charge on any atom is 0.586 e. The van der Waals surface area contributed by atoms with Crippen LogP contribution in [-0.2, 0) is 19.6 Å². The first-order valence-electron chi connectivity index (χ1n) is 7.64. The van der Waals surface area contributed by atoms with E-state index >= 15 is 0 Å². The second kappa shape index (κ2) is 7.25.